The lowest BCUT2D eigenvalue weighted by molar-refractivity contribution is -0.392. The first-order valence-corrected chi connectivity index (χ1v) is 14.4. The maximum atomic E-state index is 14.2. The van der Waals surface area contributed by atoms with E-state index in [-0.39, 0.29) is 63.8 Å². The van der Waals surface area contributed by atoms with E-state index in [4.69, 9.17) is 4.74 Å². The van der Waals surface area contributed by atoms with Crippen LogP contribution in [-0.2, 0) is 19.2 Å². The van der Waals surface area contributed by atoms with Gasteiger partial charge in [-0.25, -0.2) is 4.90 Å². The summed E-state index contributed by atoms with van der Waals surface area (Å²) in [5.41, 5.74) is -0.481. The molecule has 0 bridgehead atoms. The summed E-state index contributed by atoms with van der Waals surface area (Å²) < 4.78 is 5.30. The van der Waals surface area contributed by atoms with Crippen molar-refractivity contribution in [1.29, 1.82) is 0 Å². The standard InChI is InChI=1S/C32H28N4O10/c1-14-10-23(37)27-20(29(14)38)13-19-16(25(27)17-6-5-7-24(46-4)30(17)39)8-9-18-26(19)32(41)34(31(18)40)15-11-21(35(42)43)28(33(2)3)22(12-15)36(44)45/h5-8,10-12,18-19,25-26,39H,9,13H2,1-4H3/t18-,19+,25+,26-/m0/s1. The van der Waals surface area contributed by atoms with Crippen LogP contribution in [-0.4, -0.2) is 59.5 Å². The van der Waals surface area contributed by atoms with Gasteiger partial charge in [0.2, 0.25) is 11.8 Å². The minimum absolute atomic E-state index is 0.0357. The number of benzene rings is 2. The van der Waals surface area contributed by atoms with Gasteiger partial charge in [-0.3, -0.25) is 39.4 Å². The number of hydrogen-bond donors (Lipinski definition) is 1. The van der Waals surface area contributed by atoms with Crippen LogP contribution in [0.5, 0.6) is 11.5 Å². The molecule has 1 fully saturated rings. The number of phenols is 1. The van der Waals surface area contributed by atoms with E-state index in [2.05, 4.69) is 0 Å². The Morgan fingerprint density at radius 1 is 1.00 bits per heavy atom. The van der Waals surface area contributed by atoms with Gasteiger partial charge in [-0.2, -0.15) is 0 Å². The molecule has 1 heterocycles. The predicted molar refractivity (Wildman–Crippen MR) is 163 cm³/mol. The zero-order chi connectivity index (χ0) is 33.4. The molecule has 0 unspecified atom stereocenters. The Hall–Kier alpha value is -5.66. The number of ketones is 2. The second-order valence-electron chi connectivity index (χ2n) is 11.9. The third-order valence-electron chi connectivity index (χ3n) is 9.28. The zero-order valence-electron chi connectivity index (χ0n) is 25.2. The lowest BCUT2D eigenvalue weighted by atomic mass is 9.59. The lowest BCUT2D eigenvalue weighted by Gasteiger charge is -2.42. The van der Waals surface area contributed by atoms with E-state index in [0.717, 1.165) is 17.0 Å². The number of nitrogens with zero attached hydrogens (tertiary/aromatic N) is 4. The molecule has 2 aromatic rings. The molecule has 1 aliphatic heterocycles. The number of aromatic hydroxyl groups is 1. The average Bonchev–Trinajstić information content (AvgIpc) is 3.27. The molecule has 6 rings (SSSR count). The quantitative estimate of drug-likeness (QED) is 0.160. The first-order valence-electron chi connectivity index (χ1n) is 14.4. The SMILES string of the molecule is COc1cccc([C@H]2C3=CC[C@@H]4C(=O)N(c5cc([N+](=O)[O-])c(N(C)C)c([N+](=O)[O-])c5)C(=O)[C@@H]4[C@@H]3CC3=C2C(=O)C=C(C)C3=O)c1O. The second kappa shape index (κ2) is 10.8. The fourth-order valence-electron chi connectivity index (χ4n) is 7.38. The monoisotopic (exact) mass is 628 g/mol. The van der Waals surface area contributed by atoms with Gasteiger partial charge in [0.25, 0.3) is 0 Å². The van der Waals surface area contributed by atoms with Gasteiger partial charge in [-0.1, -0.05) is 23.8 Å². The molecule has 1 saturated heterocycles. The first kappa shape index (κ1) is 30.4. The predicted octanol–water partition coefficient (Wildman–Crippen LogP) is 3.92. The van der Waals surface area contributed by atoms with Crippen molar-refractivity contribution in [2.75, 3.05) is 31.0 Å². The number of methoxy groups -OCH3 is 1. The lowest BCUT2D eigenvalue weighted by Crippen LogP contribution is -2.39. The molecule has 2 amide bonds. The summed E-state index contributed by atoms with van der Waals surface area (Å²) in [6, 6.07) is 6.71. The van der Waals surface area contributed by atoms with E-state index in [0.29, 0.717) is 5.57 Å². The van der Waals surface area contributed by atoms with Gasteiger partial charge in [0.1, 0.15) is 0 Å². The van der Waals surface area contributed by atoms with Crippen LogP contribution in [0.4, 0.5) is 22.7 Å². The van der Waals surface area contributed by atoms with E-state index in [1.54, 1.807) is 18.2 Å². The molecule has 46 heavy (non-hydrogen) atoms. The molecule has 0 aromatic heterocycles. The van der Waals surface area contributed by atoms with Crippen molar-refractivity contribution in [1.82, 2.24) is 0 Å². The number of hydrogen-bond acceptors (Lipinski definition) is 11. The number of para-hydroxylation sites is 1. The van der Waals surface area contributed by atoms with Crippen molar-refractivity contribution in [2.45, 2.75) is 25.7 Å². The Bertz CT molecular complexity index is 1870. The highest BCUT2D eigenvalue weighted by Crippen LogP contribution is 2.57. The Balaban J connectivity index is 1.50. The van der Waals surface area contributed by atoms with Crippen LogP contribution in [0.1, 0.15) is 31.2 Å². The molecular formula is C32H28N4O10. The summed E-state index contributed by atoms with van der Waals surface area (Å²) in [5, 5.41) is 35.2. The van der Waals surface area contributed by atoms with Crippen molar-refractivity contribution in [2.24, 2.45) is 17.8 Å². The van der Waals surface area contributed by atoms with Crippen LogP contribution < -0.4 is 14.5 Å². The van der Waals surface area contributed by atoms with E-state index in [1.807, 2.05) is 0 Å². The maximum absolute atomic E-state index is 14.2. The van der Waals surface area contributed by atoms with Crippen molar-refractivity contribution < 1.29 is 38.9 Å². The van der Waals surface area contributed by atoms with Crippen LogP contribution in [0.25, 0.3) is 0 Å². The third-order valence-corrected chi connectivity index (χ3v) is 9.28. The van der Waals surface area contributed by atoms with Crippen molar-refractivity contribution in [3.63, 3.8) is 0 Å². The number of imide groups is 1. The number of amides is 2. The summed E-state index contributed by atoms with van der Waals surface area (Å²) in [7, 11) is 4.18. The van der Waals surface area contributed by atoms with Crippen molar-refractivity contribution >= 4 is 46.1 Å². The Morgan fingerprint density at radius 3 is 2.24 bits per heavy atom. The Labute approximate surface area is 261 Å². The van der Waals surface area contributed by atoms with Gasteiger partial charge in [0.15, 0.2) is 28.8 Å². The third kappa shape index (κ3) is 4.31. The summed E-state index contributed by atoms with van der Waals surface area (Å²) >= 11 is 0. The molecule has 0 spiro atoms. The highest BCUT2D eigenvalue weighted by Gasteiger charge is 2.57. The van der Waals surface area contributed by atoms with Gasteiger partial charge in [-0.05, 0) is 37.8 Å². The van der Waals surface area contributed by atoms with Crippen LogP contribution in [0.3, 0.4) is 0 Å². The van der Waals surface area contributed by atoms with Gasteiger partial charge >= 0.3 is 11.4 Å². The van der Waals surface area contributed by atoms with Crippen LogP contribution >= 0.6 is 0 Å². The maximum Gasteiger partial charge on any atom is 0.301 e. The van der Waals surface area contributed by atoms with E-state index in [1.165, 1.54) is 45.2 Å². The topological polar surface area (TPSA) is 190 Å². The molecule has 1 N–H and O–H groups in total. The minimum Gasteiger partial charge on any atom is -0.504 e. The van der Waals surface area contributed by atoms with Gasteiger partial charge in [-0.15, -0.1) is 0 Å². The van der Waals surface area contributed by atoms with Crippen LogP contribution in [0, 0.1) is 38.0 Å². The summed E-state index contributed by atoms with van der Waals surface area (Å²) in [6.45, 7) is 1.51. The number of ether oxygens (including phenoxy) is 1. The number of rotatable bonds is 6. The number of fused-ring (bicyclic) bond motifs is 3. The van der Waals surface area contributed by atoms with Crippen molar-refractivity contribution in [3.05, 3.63) is 90.6 Å². The zero-order valence-corrected chi connectivity index (χ0v) is 25.2. The molecule has 2 aromatic carbocycles. The molecule has 14 nitrogen and oxygen atoms in total. The summed E-state index contributed by atoms with van der Waals surface area (Å²) in [5.74, 6) is -5.97. The number of Topliss-reactive ketones (excluding diaryl/α,β-unsaturated/α-hetero) is 1. The second-order valence-corrected chi connectivity index (χ2v) is 11.9. The normalized spacial score (nSPS) is 23.8. The molecule has 0 radical (unpaired) electrons. The largest absolute Gasteiger partial charge is 0.504 e. The number of nitro benzene ring substituents is 2. The highest BCUT2D eigenvalue weighted by molar-refractivity contribution is 6.25. The van der Waals surface area contributed by atoms with E-state index < -0.39 is 62.5 Å². The summed E-state index contributed by atoms with van der Waals surface area (Å²) in [4.78, 5) is 79.4. The Morgan fingerprint density at radius 2 is 1.65 bits per heavy atom. The van der Waals surface area contributed by atoms with Gasteiger partial charge < -0.3 is 14.7 Å². The molecule has 14 heteroatoms. The number of carbonyl (C=O) groups is 4. The summed E-state index contributed by atoms with van der Waals surface area (Å²) in [6.07, 6.45) is 3.02. The number of anilines is 2. The molecule has 4 aliphatic rings. The minimum atomic E-state index is -1.04. The highest BCUT2D eigenvalue weighted by atomic mass is 16.6. The van der Waals surface area contributed by atoms with E-state index in [9.17, 15) is 44.5 Å². The number of nitro groups is 2. The smallest absolute Gasteiger partial charge is 0.301 e. The van der Waals surface area contributed by atoms with Crippen LogP contribution in [0.2, 0.25) is 0 Å². The molecule has 4 atom stereocenters. The van der Waals surface area contributed by atoms with Crippen molar-refractivity contribution in [3.8, 4) is 11.5 Å². The molecular weight excluding hydrogens is 600 g/mol. The number of carbonyl (C=O) groups excluding carboxylic acids is 4. The fourth-order valence-corrected chi connectivity index (χ4v) is 7.38. The molecule has 236 valence electrons. The Kier molecular flexibility index (Phi) is 7.10. The fraction of sp³-hybridized carbons (Fsp3) is 0.312. The average molecular weight is 629 g/mol. The molecule has 3 aliphatic carbocycles. The van der Waals surface area contributed by atoms with Crippen LogP contribution in [0.15, 0.2) is 64.8 Å². The first-order chi connectivity index (χ1) is 21.8. The van der Waals surface area contributed by atoms with Gasteiger partial charge in [0, 0.05) is 54.4 Å². The number of allylic oxidation sites excluding steroid dienone is 6. The molecule has 0 saturated carbocycles. The number of phenolic OH excluding ortho intramolecular Hbond substituents is 1. The van der Waals surface area contributed by atoms with E-state index >= 15 is 0 Å². The van der Waals surface area contributed by atoms with Gasteiger partial charge in [0.05, 0.1) is 34.5 Å².